The zero-order valence-corrected chi connectivity index (χ0v) is 10.9. The van der Waals surface area contributed by atoms with E-state index in [0.29, 0.717) is 30.8 Å². The van der Waals surface area contributed by atoms with Gasteiger partial charge in [-0.3, -0.25) is 9.59 Å². The van der Waals surface area contributed by atoms with E-state index in [-0.39, 0.29) is 10.8 Å². The average molecular weight is 234 g/mol. The molecule has 0 spiro atoms. The van der Waals surface area contributed by atoms with E-state index in [4.69, 9.17) is 0 Å². The van der Waals surface area contributed by atoms with Crippen LogP contribution in [0.4, 0.5) is 0 Å². The second-order valence-corrected chi connectivity index (χ2v) is 5.83. The van der Waals surface area contributed by atoms with E-state index in [1.165, 1.54) is 0 Å². The Morgan fingerprint density at radius 1 is 1.12 bits per heavy atom. The van der Waals surface area contributed by atoms with Crippen LogP contribution in [0, 0.1) is 10.8 Å². The highest BCUT2D eigenvalue weighted by molar-refractivity contribution is 5.89. The Labute approximate surface area is 103 Å². The molecule has 0 radical (unpaired) electrons. The van der Waals surface area contributed by atoms with Crippen molar-refractivity contribution in [2.45, 2.75) is 58.8 Å². The number of ketones is 2. The molecular weight excluding hydrogens is 212 g/mol. The van der Waals surface area contributed by atoms with Gasteiger partial charge in [0.1, 0.15) is 11.6 Å². The summed E-state index contributed by atoms with van der Waals surface area (Å²) < 4.78 is 0. The van der Waals surface area contributed by atoms with Gasteiger partial charge in [0, 0.05) is 30.1 Å². The Kier molecular flexibility index (Phi) is 3.24. The third kappa shape index (κ3) is 1.88. The number of carbonyl (C=O) groups is 2. The van der Waals surface area contributed by atoms with Crippen molar-refractivity contribution >= 4 is 11.6 Å². The zero-order chi connectivity index (χ0) is 12.5. The van der Waals surface area contributed by atoms with Crippen molar-refractivity contribution in [1.82, 2.24) is 0 Å². The van der Waals surface area contributed by atoms with Crippen molar-refractivity contribution in [2.24, 2.45) is 10.8 Å². The van der Waals surface area contributed by atoms with Gasteiger partial charge in [0.25, 0.3) is 0 Å². The first-order chi connectivity index (χ1) is 8.04. The van der Waals surface area contributed by atoms with Crippen LogP contribution >= 0.6 is 0 Å². The number of hydrogen-bond donors (Lipinski definition) is 0. The van der Waals surface area contributed by atoms with E-state index in [1.54, 1.807) is 0 Å². The molecule has 0 bridgehead atoms. The molecular formula is C15H22O2. The summed E-state index contributed by atoms with van der Waals surface area (Å²) in [5.41, 5.74) is -0.491. The zero-order valence-electron chi connectivity index (χ0n) is 10.9. The molecule has 17 heavy (non-hydrogen) atoms. The third-order valence-electron chi connectivity index (χ3n) is 4.87. The van der Waals surface area contributed by atoms with E-state index in [1.807, 2.05) is 13.0 Å². The molecule has 94 valence electrons. The summed E-state index contributed by atoms with van der Waals surface area (Å²) >= 11 is 0. The lowest BCUT2D eigenvalue weighted by atomic mass is 9.54. The minimum absolute atomic E-state index is 0.190. The van der Waals surface area contributed by atoms with E-state index in [2.05, 4.69) is 13.0 Å². The van der Waals surface area contributed by atoms with Crippen LogP contribution in [0.5, 0.6) is 0 Å². The van der Waals surface area contributed by atoms with Gasteiger partial charge in [0.2, 0.25) is 0 Å². The quantitative estimate of drug-likeness (QED) is 0.651. The van der Waals surface area contributed by atoms with Crippen LogP contribution in [0.1, 0.15) is 58.8 Å². The monoisotopic (exact) mass is 234 g/mol. The van der Waals surface area contributed by atoms with Crippen molar-refractivity contribution < 1.29 is 9.59 Å². The highest BCUT2D eigenvalue weighted by Crippen LogP contribution is 2.56. The first-order valence-electron chi connectivity index (χ1n) is 6.73. The van der Waals surface area contributed by atoms with Crippen LogP contribution in [-0.2, 0) is 9.59 Å². The van der Waals surface area contributed by atoms with Crippen molar-refractivity contribution in [3.63, 3.8) is 0 Å². The summed E-state index contributed by atoms with van der Waals surface area (Å²) in [6, 6.07) is 0. The topological polar surface area (TPSA) is 34.1 Å². The van der Waals surface area contributed by atoms with Crippen LogP contribution in [0.25, 0.3) is 0 Å². The molecule has 2 nitrogen and oxygen atoms in total. The maximum absolute atomic E-state index is 12.3. The molecule has 2 heteroatoms. The number of allylic oxidation sites excluding steroid dienone is 2. The van der Waals surface area contributed by atoms with E-state index >= 15 is 0 Å². The van der Waals surface area contributed by atoms with E-state index < -0.39 is 0 Å². The summed E-state index contributed by atoms with van der Waals surface area (Å²) in [4.78, 5) is 24.3. The second kappa shape index (κ2) is 4.40. The second-order valence-electron chi connectivity index (χ2n) is 5.83. The number of carbonyl (C=O) groups excluding carboxylic acids is 2. The van der Waals surface area contributed by atoms with Gasteiger partial charge in [-0.05, 0) is 32.6 Å². The third-order valence-corrected chi connectivity index (χ3v) is 4.87. The molecule has 0 aromatic rings. The highest BCUT2D eigenvalue weighted by atomic mass is 16.1. The van der Waals surface area contributed by atoms with Crippen molar-refractivity contribution in [3.05, 3.63) is 12.2 Å². The van der Waals surface area contributed by atoms with Gasteiger partial charge in [-0.1, -0.05) is 19.1 Å². The molecule has 2 atom stereocenters. The average Bonchev–Trinajstić information content (AvgIpc) is 2.38. The first kappa shape index (κ1) is 12.5. The number of fused-ring (bicyclic) bond motifs is 1. The van der Waals surface area contributed by atoms with E-state index in [9.17, 15) is 9.59 Å². The molecule has 0 aromatic heterocycles. The summed E-state index contributed by atoms with van der Waals surface area (Å²) in [5.74, 6) is 0.707. The lowest BCUT2D eigenvalue weighted by Gasteiger charge is -2.48. The maximum Gasteiger partial charge on any atom is 0.139 e. The smallest absolute Gasteiger partial charge is 0.139 e. The Hall–Kier alpha value is -0.920. The molecule has 2 aliphatic carbocycles. The van der Waals surface area contributed by atoms with Gasteiger partial charge < -0.3 is 0 Å². The van der Waals surface area contributed by atoms with Crippen LogP contribution in [-0.4, -0.2) is 11.6 Å². The highest BCUT2D eigenvalue weighted by Gasteiger charge is 2.54. The number of rotatable bonds is 1. The summed E-state index contributed by atoms with van der Waals surface area (Å²) in [7, 11) is 0. The lowest BCUT2D eigenvalue weighted by molar-refractivity contribution is -0.139. The van der Waals surface area contributed by atoms with E-state index in [0.717, 1.165) is 25.7 Å². The summed E-state index contributed by atoms with van der Waals surface area (Å²) in [6.45, 7) is 4.08. The van der Waals surface area contributed by atoms with Crippen LogP contribution < -0.4 is 0 Å². The van der Waals surface area contributed by atoms with Gasteiger partial charge in [-0.25, -0.2) is 0 Å². The number of Topliss-reactive ketones (excluding diaryl/α,β-unsaturated/α-hetero) is 2. The van der Waals surface area contributed by atoms with Gasteiger partial charge in [0.15, 0.2) is 0 Å². The lowest BCUT2D eigenvalue weighted by Crippen LogP contribution is -2.47. The minimum atomic E-state index is -0.302. The van der Waals surface area contributed by atoms with Crippen LogP contribution in [0.3, 0.4) is 0 Å². The fraction of sp³-hybridized carbons (Fsp3) is 0.733. The van der Waals surface area contributed by atoms with Crippen molar-refractivity contribution in [3.8, 4) is 0 Å². The van der Waals surface area contributed by atoms with Gasteiger partial charge >= 0.3 is 0 Å². The molecule has 2 fully saturated rings. The number of hydrogen-bond acceptors (Lipinski definition) is 2. The molecule has 0 saturated heterocycles. The molecule has 0 N–H and O–H groups in total. The fourth-order valence-corrected chi connectivity index (χ4v) is 3.79. The standard InChI is InChI=1S/C15H22O2/c1-3-8-15-10-5-7-13(17)14(15,2)9-4-6-12(16)11-15/h3,8H,4-7,9-11H2,1-2H3/b8-3+/t14-,15-/m1/s1. The van der Waals surface area contributed by atoms with Gasteiger partial charge in [0.05, 0.1) is 0 Å². The first-order valence-corrected chi connectivity index (χ1v) is 6.73. The Morgan fingerprint density at radius 2 is 1.82 bits per heavy atom. The molecule has 0 aliphatic heterocycles. The summed E-state index contributed by atoms with van der Waals surface area (Å²) in [6.07, 6.45) is 9.77. The largest absolute Gasteiger partial charge is 0.300 e. The fourth-order valence-electron chi connectivity index (χ4n) is 3.79. The Balaban J connectivity index is 2.48. The van der Waals surface area contributed by atoms with Crippen LogP contribution in [0.2, 0.25) is 0 Å². The van der Waals surface area contributed by atoms with Gasteiger partial charge in [-0.15, -0.1) is 0 Å². The molecule has 2 saturated carbocycles. The Morgan fingerprint density at radius 3 is 2.53 bits per heavy atom. The molecule has 0 amide bonds. The summed E-state index contributed by atoms with van der Waals surface area (Å²) in [5, 5.41) is 0. The molecule has 0 unspecified atom stereocenters. The predicted molar refractivity (Wildman–Crippen MR) is 67.7 cm³/mol. The maximum atomic E-state index is 12.3. The molecule has 2 rings (SSSR count). The molecule has 0 aromatic carbocycles. The minimum Gasteiger partial charge on any atom is -0.300 e. The van der Waals surface area contributed by atoms with Gasteiger partial charge in [-0.2, -0.15) is 0 Å². The molecule has 0 heterocycles. The molecule has 2 aliphatic rings. The predicted octanol–water partition coefficient (Wildman–Crippen LogP) is 3.45. The van der Waals surface area contributed by atoms with Crippen molar-refractivity contribution in [2.75, 3.05) is 0 Å². The SMILES string of the molecule is C/C=C/[C@]12CCCC(=O)[C@@]1(C)CCCC(=O)C2. The van der Waals surface area contributed by atoms with Crippen LogP contribution in [0.15, 0.2) is 12.2 Å². The van der Waals surface area contributed by atoms with Crippen molar-refractivity contribution in [1.29, 1.82) is 0 Å². The normalized spacial score (nSPS) is 39.2. The Bertz CT molecular complexity index is 369.